The van der Waals surface area contributed by atoms with Gasteiger partial charge in [0.05, 0.1) is 11.6 Å². The van der Waals surface area contributed by atoms with Crippen molar-refractivity contribution in [2.24, 2.45) is 7.05 Å². The van der Waals surface area contributed by atoms with E-state index in [2.05, 4.69) is 10.3 Å². The lowest BCUT2D eigenvalue weighted by atomic mass is 10.1. The number of nitrogens with one attached hydrogen (secondary N) is 1. The third kappa shape index (κ3) is 6.41. The van der Waals surface area contributed by atoms with Gasteiger partial charge in [-0.1, -0.05) is 12.1 Å². The molecule has 0 radical (unpaired) electrons. The quantitative estimate of drug-likeness (QED) is 0.282. The minimum atomic E-state index is -3.83. The molecule has 1 saturated carbocycles. The van der Waals surface area contributed by atoms with E-state index in [9.17, 15) is 18.0 Å². The number of rotatable bonds is 14. The number of pyridine rings is 2. The number of hydrogen-bond donors (Lipinski definition) is 1. The molecular weight excluding hydrogens is 550 g/mol. The van der Waals surface area contributed by atoms with Gasteiger partial charge < -0.3 is 24.1 Å². The molecule has 13 heteroatoms. The number of aryl methyl sites for hydroxylation is 1. The number of ether oxygens (including phenoxy) is 3. The Bertz CT molecular complexity index is 1600. The molecule has 0 saturated heterocycles. The summed E-state index contributed by atoms with van der Waals surface area (Å²) < 4.78 is 45.0. The first-order chi connectivity index (χ1) is 19.7. The number of carbonyl (C=O) groups excluding carboxylic acids is 1. The van der Waals surface area contributed by atoms with Crippen LogP contribution in [-0.2, 0) is 33.1 Å². The number of carbonyl (C=O) groups is 1. The molecule has 2 heterocycles. The smallest absolute Gasteiger partial charge is 0.263 e. The van der Waals surface area contributed by atoms with Crippen LogP contribution >= 0.6 is 0 Å². The van der Waals surface area contributed by atoms with Gasteiger partial charge in [0.15, 0.2) is 0 Å². The fraction of sp³-hybridized carbons (Fsp3) is 0.429. The second-order valence-corrected chi connectivity index (χ2v) is 12.0. The Morgan fingerprint density at radius 3 is 2.39 bits per heavy atom. The minimum Gasteiger partial charge on any atom is -0.474 e. The van der Waals surface area contributed by atoms with Gasteiger partial charge in [0.2, 0.25) is 15.9 Å². The third-order valence-electron chi connectivity index (χ3n) is 6.92. The number of nitrogens with zero attached hydrogens (tertiary/aromatic N) is 4. The molecule has 2 aromatic heterocycles. The third-order valence-corrected chi connectivity index (χ3v) is 9.43. The molecule has 1 aromatic carbocycles. The molecule has 1 aliphatic carbocycles. The van der Waals surface area contributed by atoms with Crippen molar-refractivity contribution in [3.8, 4) is 11.9 Å². The Balaban J connectivity index is 1.54. The molecule has 0 aliphatic heterocycles. The summed E-state index contributed by atoms with van der Waals surface area (Å²) in [6.45, 7) is 4.02. The second-order valence-electron chi connectivity index (χ2n) is 9.64. The van der Waals surface area contributed by atoms with E-state index in [-0.39, 0.29) is 38.1 Å². The van der Waals surface area contributed by atoms with Crippen molar-refractivity contribution in [1.82, 2.24) is 19.2 Å². The highest BCUT2D eigenvalue weighted by Gasteiger charge is 2.58. The molecule has 1 amide bonds. The summed E-state index contributed by atoms with van der Waals surface area (Å²) in [5, 5.41) is 12.2. The lowest BCUT2D eigenvalue weighted by Crippen LogP contribution is -2.45. The van der Waals surface area contributed by atoms with Crippen LogP contribution in [0, 0.1) is 11.3 Å². The molecule has 0 spiro atoms. The summed E-state index contributed by atoms with van der Waals surface area (Å²) in [4.78, 5) is 30.4. The topological polar surface area (TPSA) is 153 Å². The van der Waals surface area contributed by atoms with Crippen molar-refractivity contribution in [3.63, 3.8) is 0 Å². The average molecular weight is 584 g/mol. The molecule has 218 valence electrons. The van der Waals surface area contributed by atoms with Crippen LogP contribution in [0.2, 0.25) is 0 Å². The SMILES string of the molecule is CCOCN(COCC)S(=O)(=O)C1(COc2nccc3cc(C(=O)NCc4ccc(C#N)cc4)c(=O)n(C)c23)CC1. The number of hydrogen-bond acceptors (Lipinski definition) is 9. The Morgan fingerprint density at radius 1 is 1.15 bits per heavy atom. The van der Waals surface area contributed by atoms with Crippen LogP contribution in [-0.4, -0.2) is 66.2 Å². The van der Waals surface area contributed by atoms with Gasteiger partial charge in [-0.05, 0) is 56.5 Å². The van der Waals surface area contributed by atoms with Crippen molar-refractivity contribution in [2.75, 3.05) is 33.3 Å². The predicted molar refractivity (Wildman–Crippen MR) is 151 cm³/mol. The van der Waals surface area contributed by atoms with Gasteiger partial charge >= 0.3 is 0 Å². The highest BCUT2D eigenvalue weighted by molar-refractivity contribution is 7.90. The Labute approximate surface area is 238 Å². The van der Waals surface area contributed by atoms with Crippen LogP contribution in [0.3, 0.4) is 0 Å². The largest absolute Gasteiger partial charge is 0.474 e. The molecule has 0 atom stereocenters. The second kappa shape index (κ2) is 12.8. The molecule has 1 N–H and O–H groups in total. The van der Waals surface area contributed by atoms with E-state index in [1.807, 2.05) is 6.07 Å². The summed E-state index contributed by atoms with van der Waals surface area (Å²) in [5.74, 6) is -0.461. The maximum Gasteiger partial charge on any atom is 0.263 e. The van der Waals surface area contributed by atoms with Crippen molar-refractivity contribution < 1.29 is 27.4 Å². The molecule has 3 aromatic rings. The van der Waals surface area contributed by atoms with E-state index in [1.54, 1.807) is 44.2 Å². The fourth-order valence-corrected chi connectivity index (χ4v) is 6.10. The number of sulfonamides is 1. The lowest BCUT2D eigenvalue weighted by Gasteiger charge is -2.27. The predicted octanol–water partition coefficient (Wildman–Crippen LogP) is 2.27. The van der Waals surface area contributed by atoms with Crippen LogP contribution in [0.25, 0.3) is 10.9 Å². The van der Waals surface area contributed by atoms with Crippen molar-refractivity contribution in [2.45, 2.75) is 38.0 Å². The monoisotopic (exact) mass is 583 g/mol. The van der Waals surface area contributed by atoms with E-state index in [0.29, 0.717) is 42.5 Å². The number of nitriles is 1. The fourth-order valence-electron chi connectivity index (χ4n) is 4.30. The van der Waals surface area contributed by atoms with Gasteiger partial charge in [-0.15, -0.1) is 0 Å². The van der Waals surface area contributed by atoms with E-state index in [1.165, 1.54) is 28.2 Å². The number of fused-ring (bicyclic) bond motifs is 1. The summed E-state index contributed by atoms with van der Waals surface area (Å²) in [7, 11) is -2.33. The molecule has 1 fully saturated rings. The van der Waals surface area contributed by atoms with E-state index < -0.39 is 26.2 Å². The zero-order valence-electron chi connectivity index (χ0n) is 23.3. The number of amides is 1. The summed E-state index contributed by atoms with van der Waals surface area (Å²) in [6.07, 6.45) is 2.28. The molecule has 0 unspecified atom stereocenters. The first-order valence-corrected chi connectivity index (χ1v) is 14.7. The molecule has 12 nitrogen and oxygen atoms in total. The Kier molecular flexibility index (Phi) is 9.39. The molecule has 41 heavy (non-hydrogen) atoms. The highest BCUT2D eigenvalue weighted by atomic mass is 32.2. The molecule has 1 aliphatic rings. The van der Waals surface area contributed by atoms with E-state index in [0.717, 1.165) is 5.56 Å². The first-order valence-electron chi connectivity index (χ1n) is 13.2. The normalized spacial score (nSPS) is 14.1. The van der Waals surface area contributed by atoms with Crippen LogP contribution in [0.15, 0.2) is 47.4 Å². The van der Waals surface area contributed by atoms with Gasteiger partial charge in [-0.2, -0.15) is 9.57 Å². The molecule has 4 rings (SSSR count). The van der Waals surface area contributed by atoms with Gasteiger partial charge in [0.1, 0.15) is 35.9 Å². The first kappa shape index (κ1) is 30.1. The average Bonchev–Trinajstić information content (AvgIpc) is 3.78. The van der Waals surface area contributed by atoms with Crippen LogP contribution < -0.4 is 15.6 Å². The lowest BCUT2D eigenvalue weighted by molar-refractivity contribution is 0.00746. The number of benzene rings is 1. The van der Waals surface area contributed by atoms with Gasteiger partial charge in [0, 0.05) is 38.4 Å². The van der Waals surface area contributed by atoms with Crippen LogP contribution in [0.4, 0.5) is 0 Å². The molecule has 0 bridgehead atoms. The summed E-state index contributed by atoms with van der Waals surface area (Å²) in [6, 6.07) is 11.9. The van der Waals surface area contributed by atoms with Crippen molar-refractivity contribution in [1.29, 1.82) is 5.26 Å². The molecular formula is C28H33N5O7S. The Morgan fingerprint density at radius 2 is 1.80 bits per heavy atom. The van der Waals surface area contributed by atoms with Gasteiger partial charge in [0.25, 0.3) is 11.5 Å². The van der Waals surface area contributed by atoms with Gasteiger partial charge in [-0.3, -0.25) is 9.59 Å². The van der Waals surface area contributed by atoms with Crippen LogP contribution in [0.1, 0.15) is 48.2 Å². The van der Waals surface area contributed by atoms with Crippen LogP contribution in [0.5, 0.6) is 5.88 Å². The van der Waals surface area contributed by atoms with Crippen molar-refractivity contribution >= 4 is 26.8 Å². The maximum absolute atomic E-state index is 13.5. The maximum atomic E-state index is 13.5. The highest BCUT2D eigenvalue weighted by Crippen LogP contribution is 2.45. The standard InChI is InChI=1S/C28H33N5O7S/c1-4-38-18-33(19-39-5-2)41(36,37)28(11-12-28)17-40-26-24-22(10-13-30-26)14-23(27(35)32(24)3)25(34)31-16-21-8-6-20(15-29)7-9-21/h6-10,13-14H,4-5,11-12,16-19H2,1-3H3,(H,31,34). The Hall–Kier alpha value is -3.83. The summed E-state index contributed by atoms with van der Waals surface area (Å²) >= 11 is 0. The van der Waals surface area contributed by atoms with Crippen molar-refractivity contribution in [3.05, 3.63) is 69.6 Å². The van der Waals surface area contributed by atoms with Gasteiger partial charge in [-0.25, -0.2) is 13.4 Å². The zero-order chi connectivity index (χ0) is 29.6. The van der Waals surface area contributed by atoms with E-state index in [4.69, 9.17) is 19.5 Å². The van der Waals surface area contributed by atoms with E-state index >= 15 is 0 Å². The summed E-state index contributed by atoms with van der Waals surface area (Å²) in [5.41, 5.74) is 1.01. The minimum absolute atomic E-state index is 0.0606. The zero-order valence-corrected chi connectivity index (χ0v) is 24.1. The number of aromatic nitrogens is 2.